The van der Waals surface area contributed by atoms with E-state index in [4.69, 9.17) is 0 Å². The van der Waals surface area contributed by atoms with Crippen molar-refractivity contribution in [2.24, 2.45) is 0 Å². The summed E-state index contributed by atoms with van der Waals surface area (Å²) in [6.07, 6.45) is 6.70. The molecule has 9 nitrogen and oxygen atoms in total. The summed E-state index contributed by atoms with van der Waals surface area (Å²) in [6, 6.07) is 9.13. The van der Waals surface area contributed by atoms with E-state index < -0.39 is 10.0 Å². The van der Waals surface area contributed by atoms with Crippen LogP contribution in [-0.2, 0) is 14.8 Å². The Kier molecular flexibility index (Phi) is 6.73. The van der Waals surface area contributed by atoms with Crippen molar-refractivity contribution < 1.29 is 13.2 Å². The zero-order chi connectivity index (χ0) is 20.7. The van der Waals surface area contributed by atoms with Crippen LogP contribution in [0.25, 0.3) is 0 Å². The number of carbonyl (C=O) groups excluding carboxylic acids is 1. The molecule has 3 aromatic rings. The zero-order valence-corrected chi connectivity index (χ0v) is 17.0. The van der Waals surface area contributed by atoms with Gasteiger partial charge in [-0.2, -0.15) is 0 Å². The first-order chi connectivity index (χ1) is 14.0. The van der Waals surface area contributed by atoms with Crippen molar-refractivity contribution in [3.05, 3.63) is 61.2 Å². The minimum atomic E-state index is -3.83. The first kappa shape index (κ1) is 20.7. The van der Waals surface area contributed by atoms with Crippen LogP contribution in [-0.4, -0.2) is 39.5 Å². The van der Waals surface area contributed by atoms with Gasteiger partial charge in [0.25, 0.3) is 10.0 Å². The lowest BCUT2D eigenvalue weighted by atomic mass is 10.3. The summed E-state index contributed by atoms with van der Waals surface area (Å²) < 4.78 is 27.1. The van der Waals surface area contributed by atoms with Gasteiger partial charge in [-0.05, 0) is 42.8 Å². The summed E-state index contributed by atoms with van der Waals surface area (Å²) in [7, 11) is -3.83. The predicted octanol–water partition coefficient (Wildman–Crippen LogP) is 2.58. The molecule has 0 saturated heterocycles. The number of aromatic nitrogens is 4. The molecule has 0 spiro atoms. The molecule has 11 heteroatoms. The molecule has 1 aromatic carbocycles. The van der Waals surface area contributed by atoms with E-state index in [1.807, 2.05) is 6.92 Å². The summed E-state index contributed by atoms with van der Waals surface area (Å²) in [5.74, 6) is -0.229. The van der Waals surface area contributed by atoms with Gasteiger partial charge in [0.05, 0.1) is 10.1 Å². The van der Waals surface area contributed by atoms with E-state index in [0.717, 1.165) is 0 Å². The molecule has 0 fully saturated rings. The maximum atomic E-state index is 12.5. The number of rotatable bonds is 8. The fourth-order valence-electron chi connectivity index (χ4n) is 2.27. The predicted molar refractivity (Wildman–Crippen MR) is 110 cm³/mol. The number of hydrogen-bond acceptors (Lipinski definition) is 8. The van der Waals surface area contributed by atoms with Crippen molar-refractivity contribution in [3.8, 4) is 0 Å². The van der Waals surface area contributed by atoms with E-state index >= 15 is 0 Å². The topological polar surface area (TPSA) is 127 Å². The van der Waals surface area contributed by atoms with E-state index in [-0.39, 0.29) is 22.0 Å². The maximum absolute atomic E-state index is 12.5. The Balaban J connectivity index is 1.65. The highest BCUT2D eigenvalue weighted by Gasteiger charge is 2.20. The molecule has 29 heavy (non-hydrogen) atoms. The normalized spacial score (nSPS) is 12.2. The second-order valence-corrected chi connectivity index (χ2v) is 8.59. The van der Waals surface area contributed by atoms with Gasteiger partial charge >= 0.3 is 0 Å². The number of thioether (sulfide) groups is 1. The highest BCUT2D eigenvalue weighted by molar-refractivity contribution is 8.00. The molecule has 0 aliphatic carbocycles. The lowest BCUT2D eigenvalue weighted by molar-refractivity contribution is -0.115. The number of nitrogens with zero attached hydrogens (tertiary/aromatic N) is 4. The quantitative estimate of drug-likeness (QED) is 0.412. The number of anilines is 2. The van der Waals surface area contributed by atoms with Gasteiger partial charge in [0.2, 0.25) is 11.9 Å². The molecule has 2 N–H and O–H groups in total. The Morgan fingerprint density at radius 2 is 1.59 bits per heavy atom. The van der Waals surface area contributed by atoms with Crippen molar-refractivity contribution >= 4 is 39.3 Å². The van der Waals surface area contributed by atoms with Gasteiger partial charge < -0.3 is 5.32 Å². The van der Waals surface area contributed by atoms with Crippen molar-refractivity contribution in [2.45, 2.75) is 28.6 Å². The number of nitrogens with one attached hydrogen (secondary N) is 2. The SMILES string of the molecule is CCC(Sc1ncccn1)C(=O)Nc1ccc(S(=O)(=O)Nc2ncccn2)cc1. The van der Waals surface area contributed by atoms with E-state index in [1.54, 1.807) is 24.5 Å². The van der Waals surface area contributed by atoms with Crippen LogP contribution < -0.4 is 10.0 Å². The van der Waals surface area contributed by atoms with Gasteiger partial charge in [-0.3, -0.25) is 4.79 Å². The van der Waals surface area contributed by atoms with Crippen LogP contribution in [0.2, 0.25) is 0 Å². The zero-order valence-electron chi connectivity index (χ0n) is 15.4. The smallest absolute Gasteiger partial charge is 0.264 e. The van der Waals surface area contributed by atoms with Crippen molar-refractivity contribution in [2.75, 3.05) is 10.0 Å². The Labute approximate surface area is 172 Å². The lowest BCUT2D eigenvalue weighted by Gasteiger charge is -2.14. The minimum absolute atomic E-state index is 0.0178. The molecule has 1 unspecified atom stereocenters. The molecule has 2 aromatic heterocycles. The number of hydrogen-bond donors (Lipinski definition) is 2. The van der Waals surface area contributed by atoms with Crippen molar-refractivity contribution in [1.82, 2.24) is 19.9 Å². The number of sulfonamides is 1. The van der Waals surface area contributed by atoms with Gasteiger partial charge in [0.1, 0.15) is 0 Å². The highest BCUT2D eigenvalue weighted by Crippen LogP contribution is 2.23. The average Bonchev–Trinajstić information content (AvgIpc) is 2.73. The monoisotopic (exact) mass is 430 g/mol. The molecule has 0 saturated carbocycles. The van der Waals surface area contributed by atoms with Gasteiger partial charge in [-0.1, -0.05) is 18.7 Å². The molecule has 1 atom stereocenters. The number of benzene rings is 1. The van der Waals surface area contributed by atoms with Gasteiger partial charge in [0.15, 0.2) is 5.16 Å². The highest BCUT2D eigenvalue weighted by atomic mass is 32.2. The number of amides is 1. The Hall–Kier alpha value is -3.05. The molecule has 1 amide bonds. The third-order valence-corrected chi connectivity index (χ3v) is 6.27. The van der Waals surface area contributed by atoms with Crippen LogP contribution in [0.4, 0.5) is 11.6 Å². The fraction of sp³-hybridized carbons (Fsp3) is 0.167. The van der Waals surface area contributed by atoms with Crippen LogP contribution in [0.15, 0.2) is 71.2 Å². The molecule has 2 heterocycles. The van der Waals surface area contributed by atoms with E-state index in [1.165, 1.54) is 48.4 Å². The Morgan fingerprint density at radius 3 is 2.17 bits per heavy atom. The van der Waals surface area contributed by atoms with Crippen LogP contribution in [0.3, 0.4) is 0 Å². The molecule has 3 rings (SSSR count). The third kappa shape index (κ3) is 5.72. The summed E-state index contributed by atoms with van der Waals surface area (Å²) in [5.41, 5.74) is 0.484. The molecule has 0 aliphatic rings. The van der Waals surface area contributed by atoms with Gasteiger partial charge in [0, 0.05) is 30.5 Å². The Morgan fingerprint density at radius 1 is 1.00 bits per heavy atom. The standard InChI is InChI=1S/C18H18N6O3S2/c1-2-15(28-18-21-11-4-12-22-18)16(25)23-13-5-7-14(8-6-13)29(26,27)24-17-19-9-3-10-20-17/h3-12,15H,2H2,1H3,(H,23,25)(H,19,20,24). The molecule has 0 radical (unpaired) electrons. The maximum Gasteiger partial charge on any atom is 0.264 e. The van der Waals surface area contributed by atoms with Crippen LogP contribution in [0.5, 0.6) is 0 Å². The van der Waals surface area contributed by atoms with E-state index in [9.17, 15) is 13.2 Å². The second kappa shape index (κ2) is 9.43. The third-order valence-electron chi connectivity index (χ3n) is 3.68. The van der Waals surface area contributed by atoms with Crippen molar-refractivity contribution in [3.63, 3.8) is 0 Å². The van der Waals surface area contributed by atoms with Crippen LogP contribution in [0, 0.1) is 0 Å². The van der Waals surface area contributed by atoms with Crippen LogP contribution in [0.1, 0.15) is 13.3 Å². The summed E-state index contributed by atoms with van der Waals surface area (Å²) in [4.78, 5) is 28.5. The van der Waals surface area contributed by atoms with E-state index in [2.05, 4.69) is 30.0 Å². The summed E-state index contributed by atoms with van der Waals surface area (Å²) in [6.45, 7) is 1.90. The first-order valence-electron chi connectivity index (χ1n) is 8.62. The Bertz CT molecular complexity index is 1050. The molecule has 150 valence electrons. The van der Waals surface area contributed by atoms with Gasteiger partial charge in [-0.25, -0.2) is 33.1 Å². The second-order valence-electron chi connectivity index (χ2n) is 5.74. The summed E-state index contributed by atoms with van der Waals surface area (Å²) in [5, 5.41) is 2.93. The minimum Gasteiger partial charge on any atom is -0.325 e. The fourth-order valence-corrected chi connectivity index (χ4v) is 4.06. The lowest BCUT2D eigenvalue weighted by Crippen LogP contribution is -2.24. The van der Waals surface area contributed by atoms with Gasteiger partial charge in [-0.15, -0.1) is 0 Å². The van der Waals surface area contributed by atoms with Crippen LogP contribution >= 0.6 is 11.8 Å². The summed E-state index contributed by atoms with van der Waals surface area (Å²) >= 11 is 1.27. The molecular weight excluding hydrogens is 412 g/mol. The number of carbonyl (C=O) groups is 1. The molecular formula is C18H18N6O3S2. The first-order valence-corrected chi connectivity index (χ1v) is 11.0. The van der Waals surface area contributed by atoms with E-state index in [0.29, 0.717) is 17.3 Å². The average molecular weight is 431 g/mol. The van der Waals surface area contributed by atoms with Crippen molar-refractivity contribution in [1.29, 1.82) is 0 Å². The molecule has 0 bridgehead atoms. The molecule has 0 aliphatic heterocycles. The largest absolute Gasteiger partial charge is 0.325 e.